The molecule has 1 amide bonds. The molecular formula is C24H29Cl2N3O3S. The first-order valence-corrected chi connectivity index (χ1v) is 12.6. The summed E-state index contributed by atoms with van der Waals surface area (Å²) in [5.41, 5.74) is 3.33. The lowest BCUT2D eigenvalue weighted by Crippen LogP contribution is -2.24. The molecular weight excluding hydrogens is 481 g/mol. The summed E-state index contributed by atoms with van der Waals surface area (Å²) in [6.07, 6.45) is 2.83. The molecule has 0 atom stereocenters. The zero-order valence-corrected chi connectivity index (χ0v) is 21.4. The van der Waals surface area contributed by atoms with E-state index in [9.17, 15) is 4.79 Å². The van der Waals surface area contributed by atoms with Gasteiger partial charge in [0.25, 0.3) is 5.91 Å². The summed E-state index contributed by atoms with van der Waals surface area (Å²) < 4.78 is 13.2. The van der Waals surface area contributed by atoms with Crippen LogP contribution < -0.4 is 10.1 Å². The van der Waals surface area contributed by atoms with Gasteiger partial charge in [0.1, 0.15) is 17.4 Å². The zero-order valence-electron chi connectivity index (χ0n) is 19.1. The zero-order chi connectivity index (χ0) is 23.8. The fourth-order valence-electron chi connectivity index (χ4n) is 3.47. The third-order valence-electron chi connectivity index (χ3n) is 5.17. The van der Waals surface area contributed by atoms with Crippen molar-refractivity contribution < 1.29 is 14.3 Å². The minimum Gasteiger partial charge on any atom is -0.486 e. The second-order valence-electron chi connectivity index (χ2n) is 7.66. The minimum absolute atomic E-state index is 0.0516. The Morgan fingerprint density at radius 3 is 2.64 bits per heavy atom. The van der Waals surface area contributed by atoms with E-state index in [4.69, 9.17) is 37.7 Å². The number of ether oxygens (including phenoxy) is 2. The number of rotatable bonds is 12. The van der Waals surface area contributed by atoms with Gasteiger partial charge in [-0.25, -0.2) is 4.98 Å². The fraction of sp³-hybridized carbons (Fsp3) is 0.417. The summed E-state index contributed by atoms with van der Waals surface area (Å²) in [6.45, 7) is 6.44. The van der Waals surface area contributed by atoms with Gasteiger partial charge in [0.2, 0.25) is 0 Å². The maximum atomic E-state index is 12.8. The predicted octanol–water partition coefficient (Wildman–Crippen LogP) is 6.37. The van der Waals surface area contributed by atoms with Gasteiger partial charge in [-0.15, -0.1) is 11.3 Å². The van der Waals surface area contributed by atoms with Gasteiger partial charge in [0.05, 0.1) is 17.0 Å². The maximum absolute atomic E-state index is 12.8. The van der Waals surface area contributed by atoms with Crippen LogP contribution in [0.15, 0.2) is 29.6 Å². The van der Waals surface area contributed by atoms with E-state index in [1.807, 2.05) is 18.4 Å². The molecule has 1 aromatic carbocycles. The van der Waals surface area contributed by atoms with Crippen molar-refractivity contribution in [1.82, 2.24) is 14.9 Å². The van der Waals surface area contributed by atoms with Crippen LogP contribution in [0, 0.1) is 6.92 Å². The third-order valence-corrected chi connectivity index (χ3v) is 6.43. The molecule has 0 fully saturated rings. The van der Waals surface area contributed by atoms with E-state index < -0.39 is 0 Å². The number of carbonyl (C=O) groups excluding carboxylic acids is 1. The number of nitrogens with one attached hydrogen (secondary N) is 1. The maximum Gasteiger partial charge on any atom is 0.253 e. The number of methoxy groups -OCH3 is 1. The average Bonchev–Trinajstić information content (AvgIpc) is 3.37. The number of thiazole rings is 1. The van der Waals surface area contributed by atoms with Crippen LogP contribution in [0.3, 0.4) is 0 Å². The number of unbranched alkanes of at least 4 members (excludes halogenated alkanes) is 1. The van der Waals surface area contributed by atoms with Crippen molar-refractivity contribution in [2.24, 2.45) is 0 Å². The highest BCUT2D eigenvalue weighted by Gasteiger charge is 2.20. The molecule has 0 saturated carbocycles. The Bertz CT molecular complexity index is 1060. The predicted molar refractivity (Wildman–Crippen MR) is 135 cm³/mol. The van der Waals surface area contributed by atoms with Crippen molar-refractivity contribution >= 4 is 40.4 Å². The molecule has 0 aliphatic carbocycles. The van der Waals surface area contributed by atoms with E-state index in [2.05, 4.69) is 16.8 Å². The van der Waals surface area contributed by atoms with Crippen molar-refractivity contribution in [2.75, 3.05) is 20.3 Å². The molecule has 0 unspecified atom stereocenters. The highest BCUT2D eigenvalue weighted by atomic mass is 35.5. The number of halogens is 2. The number of hydrogen-bond acceptors (Lipinski definition) is 5. The largest absolute Gasteiger partial charge is 0.486 e. The highest BCUT2D eigenvalue weighted by Crippen LogP contribution is 2.29. The lowest BCUT2D eigenvalue weighted by Gasteiger charge is -2.11. The first-order valence-electron chi connectivity index (χ1n) is 10.9. The van der Waals surface area contributed by atoms with Crippen molar-refractivity contribution in [3.05, 3.63) is 56.0 Å². The van der Waals surface area contributed by atoms with Crippen LogP contribution in [0.2, 0.25) is 10.0 Å². The molecule has 0 aliphatic rings. The third kappa shape index (κ3) is 6.96. The Kier molecular flexibility index (Phi) is 9.62. The van der Waals surface area contributed by atoms with E-state index in [1.165, 1.54) is 11.3 Å². The molecule has 3 rings (SSSR count). The SMILES string of the molecule is CCCCNC(=O)c1cc(-c2csc(COc3cc(Cl)cc(Cl)c3)n2)n(CCCOC)c1C. The molecule has 9 heteroatoms. The van der Waals surface area contributed by atoms with Crippen LogP contribution in [0.1, 0.15) is 47.2 Å². The van der Waals surface area contributed by atoms with E-state index in [1.54, 1.807) is 25.3 Å². The molecule has 0 radical (unpaired) electrons. The standard InChI is InChI=1S/C24H29Cl2N3O3S/c1-4-5-7-27-24(30)20-13-22(29(16(20)2)8-6-9-31-3)21-15-33-23(28-21)14-32-19-11-17(25)10-18(26)12-19/h10-13,15H,4-9,14H2,1-3H3,(H,27,30). The van der Waals surface area contributed by atoms with Gasteiger partial charge >= 0.3 is 0 Å². The molecule has 2 heterocycles. The first kappa shape index (κ1) is 25.6. The minimum atomic E-state index is -0.0516. The molecule has 1 N–H and O–H groups in total. The number of benzene rings is 1. The van der Waals surface area contributed by atoms with Gasteiger partial charge in [0, 0.05) is 47.9 Å². The Morgan fingerprint density at radius 1 is 1.18 bits per heavy atom. The summed E-state index contributed by atoms with van der Waals surface area (Å²) in [4.78, 5) is 17.5. The number of aromatic nitrogens is 2. The molecule has 3 aromatic rings. The average molecular weight is 510 g/mol. The monoisotopic (exact) mass is 509 g/mol. The molecule has 0 spiro atoms. The molecule has 0 saturated heterocycles. The van der Waals surface area contributed by atoms with Crippen LogP contribution in [0.5, 0.6) is 5.75 Å². The van der Waals surface area contributed by atoms with Crippen molar-refractivity contribution in [3.63, 3.8) is 0 Å². The van der Waals surface area contributed by atoms with Gasteiger partial charge in [-0.3, -0.25) is 4.79 Å². The highest BCUT2D eigenvalue weighted by molar-refractivity contribution is 7.09. The number of hydrogen-bond donors (Lipinski definition) is 1. The smallest absolute Gasteiger partial charge is 0.253 e. The van der Waals surface area contributed by atoms with E-state index in [-0.39, 0.29) is 5.91 Å². The normalized spacial score (nSPS) is 11.1. The molecule has 178 valence electrons. The van der Waals surface area contributed by atoms with Crippen LogP contribution in [0.25, 0.3) is 11.4 Å². The summed E-state index contributed by atoms with van der Waals surface area (Å²) in [6, 6.07) is 7.03. The molecule has 2 aromatic heterocycles. The van der Waals surface area contributed by atoms with E-state index in [0.29, 0.717) is 41.1 Å². The first-order chi connectivity index (χ1) is 15.9. The van der Waals surface area contributed by atoms with Gasteiger partial charge in [0.15, 0.2) is 0 Å². The fourth-order valence-corrected chi connectivity index (χ4v) is 4.67. The molecule has 6 nitrogen and oxygen atoms in total. The Morgan fingerprint density at radius 2 is 1.94 bits per heavy atom. The van der Waals surface area contributed by atoms with Gasteiger partial charge in [-0.1, -0.05) is 36.5 Å². The van der Waals surface area contributed by atoms with E-state index >= 15 is 0 Å². The second-order valence-corrected chi connectivity index (χ2v) is 9.47. The Hall–Kier alpha value is -2.06. The van der Waals surface area contributed by atoms with Crippen molar-refractivity contribution in [1.29, 1.82) is 0 Å². The summed E-state index contributed by atoms with van der Waals surface area (Å²) in [5, 5.41) is 6.86. The Labute approximate surface area is 208 Å². The summed E-state index contributed by atoms with van der Waals surface area (Å²) in [5.74, 6) is 0.540. The van der Waals surface area contributed by atoms with Gasteiger partial charge < -0.3 is 19.4 Å². The van der Waals surface area contributed by atoms with Crippen LogP contribution in [-0.4, -0.2) is 35.7 Å². The topological polar surface area (TPSA) is 65.4 Å². The molecule has 33 heavy (non-hydrogen) atoms. The lowest BCUT2D eigenvalue weighted by atomic mass is 10.2. The van der Waals surface area contributed by atoms with Crippen molar-refractivity contribution in [3.8, 4) is 17.1 Å². The number of carbonyl (C=O) groups is 1. The second kappa shape index (κ2) is 12.4. The van der Waals surface area contributed by atoms with E-state index in [0.717, 1.165) is 47.9 Å². The van der Waals surface area contributed by atoms with Gasteiger partial charge in [-0.05, 0) is 44.0 Å². The quantitative estimate of drug-likeness (QED) is 0.288. The molecule has 0 aliphatic heterocycles. The van der Waals surface area contributed by atoms with Crippen molar-refractivity contribution in [2.45, 2.75) is 46.3 Å². The summed E-state index contributed by atoms with van der Waals surface area (Å²) in [7, 11) is 1.69. The van der Waals surface area contributed by atoms with Gasteiger partial charge in [-0.2, -0.15) is 0 Å². The number of nitrogens with zero attached hydrogens (tertiary/aromatic N) is 2. The summed E-state index contributed by atoms with van der Waals surface area (Å²) >= 11 is 13.6. The van der Waals surface area contributed by atoms with Crippen LogP contribution in [0.4, 0.5) is 0 Å². The lowest BCUT2D eigenvalue weighted by molar-refractivity contribution is 0.0952. The van der Waals surface area contributed by atoms with Crippen LogP contribution >= 0.6 is 34.5 Å². The Balaban J connectivity index is 1.80. The molecule has 0 bridgehead atoms. The number of amides is 1. The van der Waals surface area contributed by atoms with Crippen LogP contribution in [-0.2, 0) is 17.9 Å².